The maximum Gasteiger partial charge on any atom is 0.235 e. The molecular weight excluding hydrogens is 404 g/mol. The Morgan fingerprint density at radius 1 is 1.28 bits per heavy atom. The molecule has 2 heterocycles. The quantitative estimate of drug-likeness (QED) is 0.609. The number of primary amides is 1. The van der Waals surface area contributed by atoms with Crippen molar-refractivity contribution in [3.63, 3.8) is 0 Å². The van der Waals surface area contributed by atoms with Gasteiger partial charge >= 0.3 is 0 Å². The van der Waals surface area contributed by atoms with Crippen molar-refractivity contribution in [2.75, 3.05) is 44.8 Å². The van der Waals surface area contributed by atoms with E-state index in [-0.39, 0.29) is 5.91 Å². The number of ether oxygens (including phenoxy) is 1. The molecule has 3 rings (SSSR count). The van der Waals surface area contributed by atoms with E-state index in [1.54, 1.807) is 23.3 Å². The summed E-state index contributed by atoms with van der Waals surface area (Å²) in [7, 11) is 2.06. The first kappa shape index (κ1) is 22.1. The number of hydrogen-bond donors (Lipinski definition) is 1. The van der Waals surface area contributed by atoms with E-state index in [1.165, 1.54) is 5.56 Å². The first-order valence-electron chi connectivity index (χ1n) is 9.99. The van der Waals surface area contributed by atoms with Gasteiger partial charge in [0.25, 0.3) is 0 Å². The maximum absolute atomic E-state index is 12.1. The van der Waals surface area contributed by atoms with Crippen LogP contribution in [0.2, 0.25) is 0 Å². The van der Waals surface area contributed by atoms with Gasteiger partial charge in [-0.3, -0.25) is 4.79 Å². The van der Waals surface area contributed by atoms with Crippen LogP contribution in [0.15, 0.2) is 29.6 Å². The van der Waals surface area contributed by atoms with Crippen molar-refractivity contribution in [2.45, 2.75) is 31.4 Å². The minimum atomic E-state index is -0.549. The number of nitrogens with two attached hydrogens (primary N) is 1. The normalized spacial score (nSPS) is 16.1. The Labute approximate surface area is 181 Å². The van der Waals surface area contributed by atoms with E-state index in [2.05, 4.69) is 59.7 Å². The lowest BCUT2D eigenvalue weighted by atomic mass is 9.98. The summed E-state index contributed by atoms with van der Waals surface area (Å²) < 4.78 is 7.12. The van der Waals surface area contributed by atoms with Crippen molar-refractivity contribution in [1.82, 2.24) is 9.29 Å². The number of carbonyl (C=O) groups is 1. The van der Waals surface area contributed by atoms with Crippen LogP contribution in [0.3, 0.4) is 0 Å². The summed E-state index contributed by atoms with van der Waals surface area (Å²) in [6.45, 7) is 7.88. The molecule has 1 aliphatic heterocycles. The van der Waals surface area contributed by atoms with E-state index in [0.717, 1.165) is 36.0 Å². The minimum Gasteiger partial charge on any atom is -0.381 e. The van der Waals surface area contributed by atoms with Crippen LogP contribution in [-0.2, 0) is 9.53 Å². The number of nitrogens with zero attached hydrogens (tertiary/aromatic N) is 3. The molecule has 1 aromatic heterocycles. The molecule has 0 bridgehead atoms. The van der Waals surface area contributed by atoms with Gasteiger partial charge < -0.3 is 15.4 Å². The molecule has 0 radical (unpaired) electrons. The number of aromatic nitrogens is 1. The average Bonchev–Trinajstić information content (AvgIpc) is 3.22. The van der Waals surface area contributed by atoms with Gasteiger partial charge in [-0.1, -0.05) is 48.7 Å². The van der Waals surface area contributed by atoms with Gasteiger partial charge in [-0.25, -0.2) is 9.29 Å². The highest BCUT2D eigenvalue weighted by atomic mass is 32.2. The zero-order valence-corrected chi connectivity index (χ0v) is 19.0. The highest BCUT2D eigenvalue weighted by Crippen LogP contribution is 2.37. The molecule has 29 heavy (non-hydrogen) atoms. The lowest BCUT2D eigenvalue weighted by molar-refractivity contribution is -0.122. The van der Waals surface area contributed by atoms with E-state index in [4.69, 9.17) is 15.5 Å². The topological polar surface area (TPSA) is 71.7 Å². The number of amides is 1. The lowest BCUT2D eigenvalue weighted by Gasteiger charge is -2.37. The van der Waals surface area contributed by atoms with Crippen LogP contribution in [0.5, 0.6) is 0 Å². The fourth-order valence-corrected chi connectivity index (χ4v) is 5.32. The number of rotatable bonds is 9. The molecule has 2 aromatic rings. The third kappa shape index (κ3) is 5.51. The SMILES string of the molecule is CCN(CCN(C)c1nc(-c2ccc(C)cc2)cs1)SC1(C(N)=O)CCOCC1. The predicted molar refractivity (Wildman–Crippen MR) is 122 cm³/mol. The molecule has 1 saturated heterocycles. The highest BCUT2D eigenvalue weighted by Gasteiger charge is 2.41. The number of hydrogen-bond acceptors (Lipinski definition) is 7. The second kappa shape index (κ2) is 9.93. The summed E-state index contributed by atoms with van der Waals surface area (Å²) >= 11 is 3.25. The molecule has 0 aliphatic carbocycles. The predicted octanol–water partition coefficient (Wildman–Crippen LogP) is 3.56. The molecule has 0 unspecified atom stereocenters. The number of likely N-dealkylation sites (N-methyl/N-ethyl adjacent to an activating group) is 2. The van der Waals surface area contributed by atoms with Crippen molar-refractivity contribution in [1.29, 1.82) is 0 Å². The second-order valence-electron chi connectivity index (χ2n) is 7.39. The number of carbonyl (C=O) groups excluding carboxylic acids is 1. The van der Waals surface area contributed by atoms with Crippen molar-refractivity contribution in [3.8, 4) is 11.3 Å². The fourth-order valence-electron chi connectivity index (χ4n) is 3.25. The van der Waals surface area contributed by atoms with E-state index in [9.17, 15) is 4.79 Å². The van der Waals surface area contributed by atoms with Gasteiger partial charge in [0.1, 0.15) is 4.75 Å². The molecule has 8 heteroatoms. The molecule has 1 amide bonds. The van der Waals surface area contributed by atoms with Crippen molar-refractivity contribution >= 4 is 34.3 Å². The molecule has 1 fully saturated rings. The molecule has 158 valence electrons. The number of anilines is 1. The summed E-state index contributed by atoms with van der Waals surface area (Å²) in [5.74, 6) is -0.236. The molecule has 0 spiro atoms. The van der Waals surface area contributed by atoms with Gasteiger partial charge in [0, 0.05) is 50.8 Å². The number of benzene rings is 1. The zero-order chi connectivity index (χ0) is 20.9. The number of aryl methyl sites for hydroxylation is 1. The first-order chi connectivity index (χ1) is 13.9. The van der Waals surface area contributed by atoms with E-state index in [1.807, 2.05) is 0 Å². The van der Waals surface area contributed by atoms with Crippen LogP contribution >= 0.6 is 23.3 Å². The van der Waals surface area contributed by atoms with Crippen LogP contribution in [0, 0.1) is 6.92 Å². The molecule has 0 saturated carbocycles. The first-order valence-corrected chi connectivity index (χ1v) is 11.6. The minimum absolute atomic E-state index is 0.236. The Bertz CT molecular complexity index is 803. The second-order valence-corrected chi connectivity index (χ2v) is 9.70. The Hall–Kier alpha value is -1.61. The average molecular weight is 435 g/mol. The van der Waals surface area contributed by atoms with Gasteiger partial charge in [-0.15, -0.1) is 11.3 Å². The van der Waals surface area contributed by atoms with Crippen LogP contribution in [0.4, 0.5) is 5.13 Å². The number of thiazole rings is 1. The van der Waals surface area contributed by atoms with Crippen LogP contribution in [0.1, 0.15) is 25.3 Å². The standard InChI is InChI=1S/C21H30N4O2S2/c1-4-25(29-21(19(22)26)9-13-27-14-10-21)12-11-24(3)20-23-18(15-28-20)17-7-5-16(2)6-8-17/h5-8,15H,4,9-14H2,1-3H3,(H2,22,26). The Morgan fingerprint density at radius 3 is 2.59 bits per heavy atom. The Kier molecular flexibility index (Phi) is 7.56. The maximum atomic E-state index is 12.1. The summed E-state index contributed by atoms with van der Waals surface area (Å²) in [5.41, 5.74) is 9.15. The van der Waals surface area contributed by atoms with Crippen LogP contribution < -0.4 is 10.6 Å². The van der Waals surface area contributed by atoms with Crippen molar-refractivity contribution < 1.29 is 9.53 Å². The van der Waals surface area contributed by atoms with E-state index >= 15 is 0 Å². The van der Waals surface area contributed by atoms with Crippen molar-refractivity contribution in [3.05, 3.63) is 35.2 Å². The third-order valence-corrected chi connectivity index (χ3v) is 7.87. The molecule has 6 nitrogen and oxygen atoms in total. The summed E-state index contributed by atoms with van der Waals surface area (Å²) in [4.78, 5) is 19.1. The van der Waals surface area contributed by atoms with Gasteiger partial charge in [0.2, 0.25) is 5.91 Å². The fraction of sp³-hybridized carbons (Fsp3) is 0.524. The van der Waals surface area contributed by atoms with Gasteiger partial charge in [0.05, 0.1) is 5.69 Å². The van der Waals surface area contributed by atoms with Crippen molar-refractivity contribution in [2.24, 2.45) is 5.73 Å². The van der Waals surface area contributed by atoms with Gasteiger partial charge in [0.15, 0.2) is 5.13 Å². The largest absolute Gasteiger partial charge is 0.381 e. The van der Waals surface area contributed by atoms with E-state index in [0.29, 0.717) is 26.1 Å². The molecule has 1 aliphatic rings. The zero-order valence-electron chi connectivity index (χ0n) is 17.4. The van der Waals surface area contributed by atoms with Gasteiger partial charge in [-0.2, -0.15) is 0 Å². The molecule has 1 aromatic carbocycles. The summed E-state index contributed by atoms with van der Waals surface area (Å²) in [6.07, 6.45) is 1.34. The third-order valence-electron chi connectivity index (χ3n) is 5.26. The summed E-state index contributed by atoms with van der Waals surface area (Å²) in [5, 5.41) is 3.10. The molecule has 0 atom stereocenters. The van der Waals surface area contributed by atoms with Crippen LogP contribution in [-0.4, -0.2) is 59.8 Å². The molecular formula is C21H30N4O2S2. The van der Waals surface area contributed by atoms with Gasteiger partial charge in [-0.05, 0) is 19.8 Å². The molecule has 2 N–H and O–H groups in total. The van der Waals surface area contributed by atoms with Crippen LogP contribution in [0.25, 0.3) is 11.3 Å². The smallest absolute Gasteiger partial charge is 0.235 e. The highest BCUT2D eigenvalue weighted by molar-refractivity contribution is 7.99. The summed E-state index contributed by atoms with van der Waals surface area (Å²) in [6, 6.07) is 8.44. The Morgan fingerprint density at radius 2 is 1.97 bits per heavy atom. The lowest BCUT2D eigenvalue weighted by Crippen LogP contribution is -2.48. The monoisotopic (exact) mass is 434 g/mol. The Balaban J connectivity index is 1.59. The van der Waals surface area contributed by atoms with E-state index < -0.39 is 4.75 Å².